The Morgan fingerprint density at radius 3 is 2.17 bits per heavy atom. The highest BCUT2D eigenvalue weighted by atomic mass is 127. The van der Waals surface area contributed by atoms with Gasteiger partial charge in [-0.05, 0) is 55.3 Å². The number of hydrogen-bond donors (Lipinski definition) is 1. The van der Waals surface area contributed by atoms with Crippen molar-refractivity contribution in [2.75, 3.05) is 6.61 Å². The highest BCUT2D eigenvalue weighted by Gasteiger charge is 2.19. The molecule has 12 heavy (non-hydrogen) atoms. The lowest BCUT2D eigenvalue weighted by Crippen LogP contribution is -2.34. The Morgan fingerprint density at radius 1 is 1.33 bits per heavy atom. The highest BCUT2D eigenvalue weighted by Crippen LogP contribution is 2.31. The lowest BCUT2D eigenvalue weighted by molar-refractivity contribution is 0.0445. The summed E-state index contributed by atoms with van der Waals surface area (Å²) in [7, 11) is 1.68. The Labute approximate surface area is 91.6 Å². The quantitative estimate of drug-likeness (QED) is 0.626. The van der Waals surface area contributed by atoms with Gasteiger partial charge in [0.2, 0.25) is 0 Å². The van der Waals surface area contributed by atoms with Crippen molar-refractivity contribution in [3.05, 3.63) is 0 Å². The van der Waals surface area contributed by atoms with Crippen LogP contribution in [0.3, 0.4) is 0 Å². The molecule has 0 aliphatic rings. The van der Waals surface area contributed by atoms with Gasteiger partial charge in [0.15, 0.2) is 0 Å². The number of ether oxygens (including phenoxy) is 1. The molecule has 0 aromatic rings. The number of nitrogens with two attached hydrogens (primary N) is 1. The van der Waals surface area contributed by atoms with E-state index in [1.807, 2.05) is 13.8 Å². The first-order chi connectivity index (χ1) is 5.27. The van der Waals surface area contributed by atoms with Crippen molar-refractivity contribution in [1.29, 1.82) is 0 Å². The van der Waals surface area contributed by atoms with Gasteiger partial charge in [0.05, 0.1) is 6.61 Å². The zero-order valence-corrected chi connectivity index (χ0v) is 11.2. The maximum atomic E-state index is 5.82. The van der Waals surface area contributed by atoms with E-state index in [0.29, 0.717) is 0 Å². The minimum atomic E-state index is -0.119. The average Bonchev–Trinajstić information content (AvgIpc) is 1.84. The Balaban J connectivity index is 3.57. The molecule has 0 saturated heterocycles. The summed E-state index contributed by atoms with van der Waals surface area (Å²) in [6.07, 6.45) is 0.896. The molecule has 74 valence electrons. The van der Waals surface area contributed by atoms with Crippen LogP contribution in [0.1, 0.15) is 34.1 Å². The normalized spacial score (nSPS) is 13.5. The van der Waals surface area contributed by atoms with E-state index >= 15 is 0 Å². The standard InChI is InChI=1S/C8H18INOS/c1-7(2,10)5-6-11-8(3,4)12-9/h5-6,10H2,1-4H3. The molecule has 2 N–H and O–H groups in total. The van der Waals surface area contributed by atoms with Crippen molar-refractivity contribution in [3.8, 4) is 0 Å². The van der Waals surface area contributed by atoms with Gasteiger partial charge >= 0.3 is 0 Å². The fourth-order valence-electron chi connectivity index (χ4n) is 0.582. The first-order valence-corrected chi connectivity index (χ1v) is 7.35. The molecule has 0 amide bonds. The van der Waals surface area contributed by atoms with E-state index in [1.54, 1.807) is 8.93 Å². The predicted molar refractivity (Wildman–Crippen MR) is 64.5 cm³/mol. The van der Waals surface area contributed by atoms with Crippen LogP contribution in [0.2, 0.25) is 0 Å². The Bertz CT molecular complexity index is 134. The van der Waals surface area contributed by atoms with Gasteiger partial charge in [0.25, 0.3) is 0 Å². The van der Waals surface area contributed by atoms with Crippen molar-refractivity contribution >= 4 is 30.1 Å². The lowest BCUT2D eigenvalue weighted by atomic mass is 10.0. The van der Waals surface area contributed by atoms with Gasteiger partial charge < -0.3 is 10.5 Å². The average molecular weight is 303 g/mol. The van der Waals surface area contributed by atoms with Gasteiger partial charge in [-0.15, -0.1) is 0 Å². The number of hydrogen-bond acceptors (Lipinski definition) is 3. The van der Waals surface area contributed by atoms with Crippen LogP contribution in [0.4, 0.5) is 0 Å². The molecule has 0 aromatic carbocycles. The van der Waals surface area contributed by atoms with Crippen molar-refractivity contribution < 1.29 is 4.74 Å². The Kier molecular flexibility index (Phi) is 5.44. The maximum Gasteiger partial charge on any atom is 0.117 e. The largest absolute Gasteiger partial charge is 0.364 e. The Hall–Kier alpha value is 1.00. The monoisotopic (exact) mass is 303 g/mol. The van der Waals surface area contributed by atoms with Crippen LogP contribution >= 0.6 is 30.1 Å². The molecule has 4 heteroatoms. The van der Waals surface area contributed by atoms with Crippen LogP contribution in [0, 0.1) is 0 Å². The van der Waals surface area contributed by atoms with Gasteiger partial charge in [-0.2, -0.15) is 0 Å². The summed E-state index contributed by atoms with van der Waals surface area (Å²) < 4.78 is 5.63. The topological polar surface area (TPSA) is 35.2 Å². The first-order valence-electron chi connectivity index (χ1n) is 3.99. The molecule has 0 spiro atoms. The van der Waals surface area contributed by atoms with Crippen LogP contribution < -0.4 is 5.73 Å². The van der Waals surface area contributed by atoms with Crippen LogP contribution in [0.25, 0.3) is 0 Å². The summed E-state index contributed by atoms with van der Waals surface area (Å²) in [6.45, 7) is 8.88. The van der Waals surface area contributed by atoms with E-state index < -0.39 is 0 Å². The van der Waals surface area contributed by atoms with Crippen LogP contribution in [-0.4, -0.2) is 17.1 Å². The molecular weight excluding hydrogens is 285 g/mol. The zero-order chi connectivity index (χ0) is 9.83. The third-order valence-corrected chi connectivity index (χ3v) is 5.05. The van der Waals surface area contributed by atoms with E-state index in [9.17, 15) is 0 Å². The molecule has 0 rings (SSSR count). The molecular formula is C8H18INOS. The number of rotatable bonds is 5. The number of halogens is 1. The summed E-state index contributed by atoms with van der Waals surface area (Å²) in [4.78, 5) is -0.0915. The van der Waals surface area contributed by atoms with E-state index in [0.717, 1.165) is 13.0 Å². The van der Waals surface area contributed by atoms with Crippen molar-refractivity contribution in [1.82, 2.24) is 0 Å². The van der Waals surface area contributed by atoms with Gasteiger partial charge in [-0.25, -0.2) is 0 Å². The summed E-state index contributed by atoms with van der Waals surface area (Å²) in [5, 5.41) is 0. The molecule has 0 unspecified atom stereocenters. The summed E-state index contributed by atoms with van der Waals surface area (Å²) >= 11 is 2.25. The molecule has 0 saturated carbocycles. The van der Waals surface area contributed by atoms with E-state index in [1.165, 1.54) is 0 Å². The van der Waals surface area contributed by atoms with Gasteiger partial charge in [0.1, 0.15) is 4.93 Å². The second kappa shape index (κ2) is 5.02. The molecule has 0 bridgehead atoms. The molecule has 2 nitrogen and oxygen atoms in total. The Morgan fingerprint density at radius 2 is 1.83 bits per heavy atom. The zero-order valence-electron chi connectivity index (χ0n) is 8.19. The molecule has 0 fully saturated rings. The minimum Gasteiger partial charge on any atom is -0.364 e. The SMILES string of the molecule is CC(C)(N)CCOC(C)(C)SI. The van der Waals surface area contributed by atoms with Crippen LogP contribution in [-0.2, 0) is 4.74 Å². The smallest absolute Gasteiger partial charge is 0.117 e. The lowest BCUT2D eigenvalue weighted by Gasteiger charge is -2.24. The molecule has 0 heterocycles. The van der Waals surface area contributed by atoms with Crippen molar-refractivity contribution in [3.63, 3.8) is 0 Å². The van der Waals surface area contributed by atoms with Gasteiger partial charge in [-0.3, -0.25) is 0 Å². The van der Waals surface area contributed by atoms with Crippen molar-refractivity contribution in [2.24, 2.45) is 5.73 Å². The van der Waals surface area contributed by atoms with Gasteiger partial charge in [0, 0.05) is 5.54 Å². The predicted octanol–water partition coefficient (Wildman–Crippen LogP) is 2.95. The highest BCUT2D eigenvalue weighted by molar-refractivity contribution is 14.2. The van der Waals surface area contributed by atoms with Gasteiger partial charge in [-0.1, -0.05) is 8.93 Å². The minimum absolute atomic E-state index is 0.0915. The third-order valence-electron chi connectivity index (χ3n) is 1.38. The first kappa shape index (κ1) is 13.0. The molecule has 0 radical (unpaired) electrons. The second-order valence-corrected chi connectivity index (χ2v) is 6.52. The van der Waals surface area contributed by atoms with Crippen molar-refractivity contribution in [2.45, 2.75) is 44.6 Å². The summed E-state index contributed by atoms with van der Waals surface area (Å²) in [5.74, 6) is 0. The van der Waals surface area contributed by atoms with E-state index in [4.69, 9.17) is 10.5 Å². The molecule has 0 atom stereocenters. The van der Waals surface area contributed by atoms with Crippen LogP contribution in [0.5, 0.6) is 0 Å². The molecule has 0 aromatic heterocycles. The maximum absolute atomic E-state index is 5.82. The molecule has 0 aliphatic heterocycles. The summed E-state index contributed by atoms with van der Waals surface area (Å²) in [6, 6.07) is 0. The fourth-order valence-corrected chi connectivity index (χ4v) is 1.09. The second-order valence-electron chi connectivity index (χ2n) is 4.06. The molecule has 0 aliphatic carbocycles. The van der Waals surface area contributed by atoms with Crippen LogP contribution in [0.15, 0.2) is 0 Å². The van der Waals surface area contributed by atoms with E-state index in [2.05, 4.69) is 35.1 Å². The fraction of sp³-hybridized carbons (Fsp3) is 1.00. The van der Waals surface area contributed by atoms with E-state index in [-0.39, 0.29) is 10.5 Å². The summed E-state index contributed by atoms with van der Waals surface area (Å²) in [5.41, 5.74) is 5.70. The third kappa shape index (κ3) is 7.64.